The minimum absolute atomic E-state index is 0.0155. The quantitative estimate of drug-likeness (QED) is 0.441. The minimum atomic E-state index is -0.0155. The SMILES string of the molecule is COC(=O)C1CCCC(C2CN(Cc3ccc4cc(OC5CCC(C(C)C)CC5)ccc4n3)C2)C1. The van der Waals surface area contributed by atoms with E-state index >= 15 is 0 Å². The van der Waals surface area contributed by atoms with Gasteiger partial charge in [0.1, 0.15) is 5.75 Å². The lowest BCUT2D eigenvalue weighted by Gasteiger charge is -2.45. The highest BCUT2D eigenvalue weighted by Gasteiger charge is 2.38. The molecule has 1 aromatic heterocycles. The molecule has 2 saturated carbocycles. The Morgan fingerprint density at radius 3 is 2.57 bits per heavy atom. The third-order valence-corrected chi connectivity index (χ3v) is 8.97. The Hall–Kier alpha value is -2.14. The number of pyridine rings is 1. The highest BCUT2D eigenvalue weighted by atomic mass is 16.5. The first-order chi connectivity index (χ1) is 17.0. The van der Waals surface area contributed by atoms with Crippen molar-refractivity contribution < 1.29 is 14.3 Å². The van der Waals surface area contributed by atoms with Crippen LogP contribution in [0.3, 0.4) is 0 Å². The van der Waals surface area contributed by atoms with E-state index in [1.54, 1.807) is 0 Å². The molecule has 5 nitrogen and oxygen atoms in total. The molecule has 5 heteroatoms. The second-order valence-corrected chi connectivity index (χ2v) is 11.7. The third-order valence-electron chi connectivity index (χ3n) is 8.97. The number of likely N-dealkylation sites (tertiary alicyclic amines) is 1. The van der Waals surface area contributed by atoms with Gasteiger partial charge in [-0.15, -0.1) is 0 Å². The summed E-state index contributed by atoms with van der Waals surface area (Å²) in [6, 6.07) is 10.7. The van der Waals surface area contributed by atoms with Gasteiger partial charge in [0.2, 0.25) is 0 Å². The first-order valence-electron chi connectivity index (χ1n) is 13.8. The van der Waals surface area contributed by atoms with E-state index in [0.29, 0.717) is 17.9 Å². The number of hydrogen-bond donors (Lipinski definition) is 0. The van der Waals surface area contributed by atoms with Crippen molar-refractivity contribution >= 4 is 16.9 Å². The molecular weight excluding hydrogens is 436 g/mol. The van der Waals surface area contributed by atoms with Crippen LogP contribution in [0.4, 0.5) is 0 Å². The topological polar surface area (TPSA) is 51.7 Å². The average Bonchev–Trinajstić information content (AvgIpc) is 2.86. The first-order valence-corrected chi connectivity index (χ1v) is 13.8. The normalized spacial score (nSPS) is 28.1. The monoisotopic (exact) mass is 478 g/mol. The van der Waals surface area contributed by atoms with E-state index in [2.05, 4.69) is 49.1 Å². The lowest BCUT2D eigenvalue weighted by molar-refractivity contribution is -0.147. The fourth-order valence-corrected chi connectivity index (χ4v) is 6.68. The van der Waals surface area contributed by atoms with Crippen molar-refractivity contribution in [2.75, 3.05) is 20.2 Å². The first kappa shape index (κ1) is 24.5. The summed E-state index contributed by atoms with van der Waals surface area (Å²) in [5.74, 6) is 4.08. The van der Waals surface area contributed by atoms with Crippen LogP contribution >= 0.6 is 0 Å². The maximum Gasteiger partial charge on any atom is 0.308 e. The molecule has 190 valence electrons. The molecule has 3 aliphatic rings. The van der Waals surface area contributed by atoms with Gasteiger partial charge < -0.3 is 9.47 Å². The summed E-state index contributed by atoms with van der Waals surface area (Å²) in [6.45, 7) is 7.81. The van der Waals surface area contributed by atoms with Gasteiger partial charge in [-0.25, -0.2) is 0 Å². The number of rotatable bonds is 7. The number of carbonyl (C=O) groups excluding carboxylic acids is 1. The van der Waals surface area contributed by atoms with Crippen LogP contribution in [0, 0.1) is 29.6 Å². The largest absolute Gasteiger partial charge is 0.490 e. The molecule has 0 amide bonds. The lowest BCUT2D eigenvalue weighted by Crippen LogP contribution is -2.50. The Kier molecular flexibility index (Phi) is 7.62. The molecule has 0 radical (unpaired) electrons. The molecule has 2 aliphatic carbocycles. The number of esters is 1. The molecule has 1 saturated heterocycles. The summed E-state index contributed by atoms with van der Waals surface area (Å²) in [4.78, 5) is 19.4. The molecule has 0 bridgehead atoms. The van der Waals surface area contributed by atoms with E-state index < -0.39 is 0 Å². The van der Waals surface area contributed by atoms with Crippen molar-refractivity contribution in [3.8, 4) is 5.75 Å². The van der Waals surface area contributed by atoms with E-state index in [0.717, 1.165) is 73.1 Å². The minimum Gasteiger partial charge on any atom is -0.490 e. The van der Waals surface area contributed by atoms with Gasteiger partial charge in [-0.3, -0.25) is 14.7 Å². The molecule has 1 aromatic carbocycles. The van der Waals surface area contributed by atoms with Crippen LogP contribution in [-0.2, 0) is 16.1 Å². The molecule has 2 atom stereocenters. The highest BCUT2D eigenvalue weighted by Crippen LogP contribution is 2.39. The van der Waals surface area contributed by atoms with Crippen molar-refractivity contribution in [3.05, 3.63) is 36.0 Å². The molecule has 5 rings (SSSR count). The van der Waals surface area contributed by atoms with Gasteiger partial charge in [0.05, 0.1) is 30.3 Å². The Morgan fingerprint density at radius 1 is 1.03 bits per heavy atom. The lowest BCUT2D eigenvalue weighted by atomic mass is 9.72. The summed E-state index contributed by atoms with van der Waals surface area (Å²) in [7, 11) is 1.51. The van der Waals surface area contributed by atoms with Crippen molar-refractivity contribution in [2.24, 2.45) is 29.6 Å². The number of fused-ring (bicyclic) bond motifs is 1. The predicted molar refractivity (Wildman–Crippen MR) is 139 cm³/mol. The number of aromatic nitrogens is 1. The Bertz CT molecular complexity index is 1010. The van der Waals surface area contributed by atoms with E-state index in [4.69, 9.17) is 14.5 Å². The van der Waals surface area contributed by atoms with Gasteiger partial charge in [-0.2, -0.15) is 0 Å². The molecule has 35 heavy (non-hydrogen) atoms. The van der Waals surface area contributed by atoms with Crippen molar-refractivity contribution in [1.29, 1.82) is 0 Å². The fourth-order valence-electron chi connectivity index (χ4n) is 6.68. The number of hydrogen-bond acceptors (Lipinski definition) is 5. The Balaban J connectivity index is 1.12. The van der Waals surface area contributed by atoms with Crippen molar-refractivity contribution in [3.63, 3.8) is 0 Å². The van der Waals surface area contributed by atoms with Crippen LogP contribution in [-0.4, -0.2) is 42.2 Å². The third kappa shape index (κ3) is 5.82. The van der Waals surface area contributed by atoms with Crippen LogP contribution in [0.1, 0.15) is 70.9 Å². The summed E-state index contributed by atoms with van der Waals surface area (Å²) < 4.78 is 11.3. The summed E-state index contributed by atoms with van der Waals surface area (Å²) in [5, 5.41) is 1.15. The van der Waals surface area contributed by atoms with Crippen LogP contribution in [0.25, 0.3) is 10.9 Å². The van der Waals surface area contributed by atoms with Crippen molar-refractivity contribution in [1.82, 2.24) is 9.88 Å². The smallest absolute Gasteiger partial charge is 0.308 e. The molecule has 2 heterocycles. The standard InChI is InChI=1S/C30H42N2O3/c1-20(2)21-8-11-27(12-9-21)35-28-13-14-29-23(16-28)7-10-26(31-29)19-32-17-25(18-32)22-5-4-6-24(15-22)30(33)34-3/h7,10,13-14,16,20-22,24-25,27H,4-6,8-9,11-12,15,17-19H2,1-3H3. The Labute approximate surface area is 210 Å². The van der Waals surface area contributed by atoms with Gasteiger partial charge in [0.15, 0.2) is 0 Å². The van der Waals surface area contributed by atoms with Crippen LogP contribution in [0.15, 0.2) is 30.3 Å². The van der Waals surface area contributed by atoms with Crippen LogP contribution < -0.4 is 4.74 Å². The number of carbonyl (C=O) groups is 1. The maximum atomic E-state index is 12.0. The van der Waals surface area contributed by atoms with Crippen LogP contribution in [0.5, 0.6) is 5.75 Å². The fraction of sp³-hybridized carbons (Fsp3) is 0.667. The van der Waals surface area contributed by atoms with E-state index in [1.165, 1.54) is 39.2 Å². The molecule has 2 aromatic rings. The zero-order chi connectivity index (χ0) is 24.4. The van der Waals surface area contributed by atoms with E-state index in [-0.39, 0.29) is 11.9 Å². The van der Waals surface area contributed by atoms with Crippen molar-refractivity contribution in [2.45, 2.75) is 77.9 Å². The second kappa shape index (κ2) is 10.9. The maximum absolute atomic E-state index is 12.0. The predicted octanol–water partition coefficient (Wildman–Crippen LogP) is 6.24. The van der Waals surface area contributed by atoms with Crippen LogP contribution in [0.2, 0.25) is 0 Å². The second-order valence-electron chi connectivity index (χ2n) is 11.7. The van der Waals surface area contributed by atoms with Gasteiger partial charge in [-0.05, 0) is 86.5 Å². The number of methoxy groups -OCH3 is 1. The number of nitrogens with zero attached hydrogens (tertiary/aromatic N) is 2. The molecule has 1 aliphatic heterocycles. The number of ether oxygens (including phenoxy) is 2. The van der Waals surface area contributed by atoms with E-state index in [9.17, 15) is 4.79 Å². The molecular formula is C30H42N2O3. The Morgan fingerprint density at radius 2 is 1.83 bits per heavy atom. The summed E-state index contributed by atoms with van der Waals surface area (Å²) in [6.07, 6.45) is 9.65. The van der Waals surface area contributed by atoms with Gasteiger partial charge in [-0.1, -0.05) is 32.8 Å². The summed E-state index contributed by atoms with van der Waals surface area (Å²) in [5.41, 5.74) is 2.18. The van der Waals surface area contributed by atoms with Gasteiger partial charge in [0.25, 0.3) is 0 Å². The zero-order valence-corrected chi connectivity index (χ0v) is 21.7. The molecule has 3 fully saturated rings. The zero-order valence-electron chi connectivity index (χ0n) is 21.7. The molecule has 2 unspecified atom stereocenters. The van der Waals surface area contributed by atoms with Gasteiger partial charge >= 0.3 is 5.97 Å². The molecule has 0 spiro atoms. The molecule has 0 N–H and O–H groups in total. The summed E-state index contributed by atoms with van der Waals surface area (Å²) >= 11 is 0. The highest BCUT2D eigenvalue weighted by molar-refractivity contribution is 5.80. The van der Waals surface area contributed by atoms with Gasteiger partial charge in [0, 0.05) is 25.0 Å². The average molecular weight is 479 g/mol. The number of benzene rings is 1. The van der Waals surface area contributed by atoms with E-state index in [1.807, 2.05) is 0 Å².